The van der Waals surface area contributed by atoms with Gasteiger partial charge in [-0.25, -0.2) is 4.57 Å². The second-order valence-corrected chi connectivity index (χ2v) is 21.2. The number of esters is 3. The third-order valence-electron chi connectivity index (χ3n) is 12.6. The maximum Gasteiger partial charge on any atom is 0.472 e. The molecule has 0 aromatic rings. The number of hydrogen-bond donors (Lipinski definition) is 2. The molecule has 0 fully saturated rings. The van der Waals surface area contributed by atoms with E-state index >= 15 is 0 Å². The van der Waals surface area contributed by atoms with Crippen molar-refractivity contribution >= 4 is 25.7 Å². The Morgan fingerprint density at radius 3 is 1.16 bits per heavy atom. The molecule has 3 atom stereocenters. The van der Waals surface area contributed by atoms with Gasteiger partial charge >= 0.3 is 25.7 Å². The Hall–Kier alpha value is -3.08. The molecule has 0 bridgehead atoms. The fourth-order valence-electron chi connectivity index (χ4n) is 8.09. The molecule has 0 aliphatic rings. The number of aliphatic hydroxyl groups excluding tert-OH is 1. The first-order valence-corrected chi connectivity index (χ1v) is 31.3. The van der Waals surface area contributed by atoms with E-state index in [-0.39, 0.29) is 25.9 Å². The minimum atomic E-state index is -4.76. The van der Waals surface area contributed by atoms with Crippen molar-refractivity contribution < 1.29 is 52.2 Å². The minimum Gasteiger partial charge on any atom is -0.462 e. The van der Waals surface area contributed by atoms with Gasteiger partial charge in [0.15, 0.2) is 6.10 Å². The van der Waals surface area contributed by atoms with E-state index in [1.165, 1.54) is 103 Å². The van der Waals surface area contributed by atoms with E-state index in [2.05, 4.69) is 93.7 Å². The fraction of sp³-hybridized carbons (Fsp3) is 0.758. The Morgan fingerprint density at radius 1 is 0.392 bits per heavy atom. The molecule has 0 spiro atoms. The monoisotopic (exact) mass is 1060 g/mol. The predicted molar refractivity (Wildman–Crippen MR) is 307 cm³/mol. The zero-order valence-corrected chi connectivity index (χ0v) is 48.2. The zero-order valence-electron chi connectivity index (χ0n) is 47.3. The average molecular weight is 1060 g/mol. The van der Waals surface area contributed by atoms with Crippen LogP contribution in [0.2, 0.25) is 0 Å². The summed E-state index contributed by atoms with van der Waals surface area (Å²) in [6.07, 6.45) is 62.9. The number of phosphoric acid groups is 1. The fourth-order valence-corrected chi connectivity index (χ4v) is 8.88. The second kappa shape index (κ2) is 56.1. The Morgan fingerprint density at radius 2 is 0.730 bits per heavy atom. The lowest BCUT2D eigenvalue weighted by Crippen LogP contribution is -2.30. The molecule has 0 heterocycles. The van der Waals surface area contributed by atoms with Crippen LogP contribution in [0.4, 0.5) is 0 Å². The number of carbonyl (C=O) groups excluding carboxylic acids is 3. The predicted octanol–water partition coefficient (Wildman–Crippen LogP) is 17.7. The van der Waals surface area contributed by atoms with Gasteiger partial charge in [0, 0.05) is 19.3 Å². The summed E-state index contributed by atoms with van der Waals surface area (Å²) in [7, 11) is -4.76. The topological polar surface area (TPSA) is 155 Å². The molecule has 428 valence electrons. The molecular weight excluding hydrogens is 952 g/mol. The molecular formula is C62H109O11P. The molecule has 0 aliphatic carbocycles. The SMILES string of the molecule is CC/C=C\C/C=C\C/C=C\C/C=C\CCCCC(=O)OC(CO)COP(=O)(O)OCC(COC(=O)CCCCCCC/C=C\C/C=C\CCC)OC(=O)CCCCCCCCCCCCCCCCCCCCC. The lowest BCUT2D eigenvalue weighted by molar-refractivity contribution is -0.161. The number of carbonyl (C=O) groups is 3. The van der Waals surface area contributed by atoms with Crippen molar-refractivity contribution in [3.63, 3.8) is 0 Å². The maximum absolute atomic E-state index is 12.9. The smallest absolute Gasteiger partial charge is 0.462 e. The van der Waals surface area contributed by atoms with E-state index in [0.717, 1.165) is 103 Å². The highest BCUT2D eigenvalue weighted by atomic mass is 31.2. The van der Waals surface area contributed by atoms with Crippen molar-refractivity contribution in [2.75, 3.05) is 26.4 Å². The van der Waals surface area contributed by atoms with Crippen LogP contribution in [0.5, 0.6) is 0 Å². The van der Waals surface area contributed by atoms with E-state index in [1.807, 2.05) is 0 Å². The van der Waals surface area contributed by atoms with Crippen LogP contribution in [-0.2, 0) is 42.2 Å². The highest BCUT2D eigenvalue weighted by Gasteiger charge is 2.28. The molecule has 0 aromatic heterocycles. The van der Waals surface area contributed by atoms with Crippen LogP contribution in [0.1, 0.15) is 265 Å². The summed E-state index contributed by atoms with van der Waals surface area (Å²) >= 11 is 0. The highest BCUT2D eigenvalue weighted by molar-refractivity contribution is 7.47. The maximum atomic E-state index is 12.9. The third-order valence-corrected chi connectivity index (χ3v) is 13.5. The lowest BCUT2D eigenvalue weighted by Gasteiger charge is -2.21. The molecule has 11 nitrogen and oxygen atoms in total. The quantitative estimate of drug-likeness (QED) is 0.0197. The molecule has 0 aromatic carbocycles. The van der Waals surface area contributed by atoms with Crippen molar-refractivity contribution in [3.05, 3.63) is 72.9 Å². The van der Waals surface area contributed by atoms with Crippen LogP contribution in [0.25, 0.3) is 0 Å². The number of aliphatic hydroxyl groups is 1. The molecule has 0 saturated heterocycles. The van der Waals surface area contributed by atoms with Gasteiger partial charge in [-0.3, -0.25) is 23.4 Å². The highest BCUT2D eigenvalue weighted by Crippen LogP contribution is 2.43. The number of phosphoric ester groups is 1. The van der Waals surface area contributed by atoms with Crippen molar-refractivity contribution in [2.24, 2.45) is 0 Å². The number of allylic oxidation sites excluding steroid dienone is 12. The van der Waals surface area contributed by atoms with Gasteiger partial charge in [-0.2, -0.15) is 0 Å². The minimum absolute atomic E-state index is 0.123. The van der Waals surface area contributed by atoms with E-state index in [9.17, 15) is 28.9 Å². The van der Waals surface area contributed by atoms with Crippen LogP contribution in [-0.4, -0.2) is 66.5 Å². The molecule has 2 N–H and O–H groups in total. The summed E-state index contributed by atoms with van der Waals surface area (Å²) in [6.45, 7) is 4.43. The number of rotatable bonds is 55. The average Bonchev–Trinajstić information content (AvgIpc) is 3.39. The van der Waals surface area contributed by atoms with Crippen molar-refractivity contribution in [1.29, 1.82) is 0 Å². The van der Waals surface area contributed by atoms with Gasteiger partial charge in [-0.05, 0) is 83.5 Å². The molecule has 74 heavy (non-hydrogen) atoms. The van der Waals surface area contributed by atoms with Gasteiger partial charge in [-0.1, -0.05) is 235 Å². The first-order valence-electron chi connectivity index (χ1n) is 29.8. The number of unbranched alkanes of at least 4 members (excludes halogenated alkanes) is 26. The lowest BCUT2D eigenvalue weighted by atomic mass is 10.0. The summed E-state index contributed by atoms with van der Waals surface area (Å²) in [4.78, 5) is 48.6. The van der Waals surface area contributed by atoms with Crippen LogP contribution >= 0.6 is 7.82 Å². The number of hydrogen-bond acceptors (Lipinski definition) is 10. The van der Waals surface area contributed by atoms with Crippen LogP contribution in [0, 0.1) is 0 Å². The van der Waals surface area contributed by atoms with Gasteiger partial charge in [0.2, 0.25) is 0 Å². The van der Waals surface area contributed by atoms with Gasteiger partial charge in [0.1, 0.15) is 12.7 Å². The molecule has 0 rings (SSSR count). The van der Waals surface area contributed by atoms with Gasteiger partial charge < -0.3 is 24.2 Å². The van der Waals surface area contributed by atoms with Crippen molar-refractivity contribution in [1.82, 2.24) is 0 Å². The second-order valence-electron chi connectivity index (χ2n) is 19.8. The largest absolute Gasteiger partial charge is 0.472 e. The summed E-state index contributed by atoms with van der Waals surface area (Å²) in [5.74, 6) is -1.52. The third kappa shape index (κ3) is 53.7. The summed E-state index contributed by atoms with van der Waals surface area (Å²) in [6, 6.07) is 0. The first-order chi connectivity index (χ1) is 36.2. The van der Waals surface area contributed by atoms with Gasteiger partial charge in [0.25, 0.3) is 0 Å². The van der Waals surface area contributed by atoms with E-state index < -0.39 is 57.8 Å². The van der Waals surface area contributed by atoms with Gasteiger partial charge in [0.05, 0.1) is 19.8 Å². The Balaban J connectivity index is 4.72. The molecule has 0 saturated carbocycles. The summed E-state index contributed by atoms with van der Waals surface area (Å²) in [5.41, 5.74) is 0. The summed E-state index contributed by atoms with van der Waals surface area (Å²) < 4.78 is 39.5. The molecule has 0 amide bonds. The standard InChI is InChI=1S/C62H109O11P/c1-4-7-10-13-16-19-22-25-27-28-29-30-32-35-38-41-44-47-50-53-62(66)73-59(55-69-60(64)51-48-45-42-39-36-33-24-21-18-15-12-9-6-3)57-71-74(67,68)70-56-58(54-63)72-61(65)52-49-46-43-40-37-34-31-26-23-20-17-14-11-8-5-2/h8,11-12,15,17,20-21,24,26,31,37,40,58-59,63H,4-7,9-10,13-14,16,18-19,22-23,25,27-30,32-36,38-39,41-57H2,1-3H3,(H,67,68)/b11-8-,15-12-,20-17-,24-21-,31-26-,40-37-. The molecule has 0 radical (unpaired) electrons. The van der Waals surface area contributed by atoms with Crippen molar-refractivity contribution in [2.45, 2.75) is 277 Å². The van der Waals surface area contributed by atoms with Crippen LogP contribution in [0.3, 0.4) is 0 Å². The molecule has 12 heteroatoms. The molecule has 3 unspecified atom stereocenters. The first kappa shape index (κ1) is 70.9. The van der Waals surface area contributed by atoms with Crippen molar-refractivity contribution in [3.8, 4) is 0 Å². The Labute approximate surface area is 452 Å². The molecule has 0 aliphatic heterocycles. The normalized spacial score (nSPS) is 13.9. The van der Waals surface area contributed by atoms with E-state index in [0.29, 0.717) is 19.3 Å². The Kier molecular flexibility index (Phi) is 53.8. The van der Waals surface area contributed by atoms with Crippen LogP contribution < -0.4 is 0 Å². The van der Waals surface area contributed by atoms with E-state index in [4.69, 9.17) is 23.3 Å². The summed E-state index contributed by atoms with van der Waals surface area (Å²) in [5, 5.41) is 9.81. The number of ether oxygens (including phenoxy) is 3. The van der Waals surface area contributed by atoms with E-state index in [1.54, 1.807) is 0 Å². The van der Waals surface area contributed by atoms with Crippen LogP contribution in [0.15, 0.2) is 72.9 Å². The zero-order chi connectivity index (χ0) is 54.1. The van der Waals surface area contributed by atoms with Gasteiger partial charge in [-0.15, -0.1) is 0 Å². The Bertz CT molecular complexity index is 1520.